The van der Waals surface area contributed by atoms with Crippen molar-refractivity contribution in [2.75, 3.05) is 0 Å². The van der Waals surface area contributed by atoms with Crippen molar-refractivity contribution in [2.24, 2.45) is 0 Å². The highest BCUT2D eigenvalue weighted by Crippen LogP contribution is 2.65. The summed E-state index contributed by atoms with van der Waals surface area (Å²) < 4.78 is 6.71. The Morgan fingerprint density at radius 1 is 0.362 bits per heavy atom. The van der Waals surface area contributed by atoms with Crippen molar-refractivity contribution >= 4 is 11.0 Å². The predicted molar refractivity (Wildman–Crippen MR) is 235 cm³/mol. The Morgan fingerprint density at radius 3 is 1.57 bits per heavy atom. The lowest BCUT2D eigenvalue weighted by atomic mass is 9.70. The van der Waals surface area contributed by atoms with E-state index in [9.17, 15) is 0 Å². The first-order valence-corrected chi connectivity index (χ1v) is 19.8. The average Bonchev–Trinajstić information content (AvgIpc) is 3.93. The molecule has 1 spiro atoms. The molecule has 270 valence electrons. The fourth-order valence-corrected chi connectivity index (χ4v) is 9.62. The summed E-state index contributed by atoms with van der Waals surface area (Å²) in [6.45, 7) is 0. The van der Waals surface area contributed by atoms with E-state index in [2.05, 4.69) is 182 Å². The van der Waals surface area contributed by atoms with Crippen LogP contribution < -0.4 is 0 Å². The maximum absolute atomic E-state index is 6.71. The second-order valence-electron chi connectivity index (χ2n) is 15.2. The molecule has 0 radical (unpaired) electrons. The Morgan fingerprint density at radius 2 is 0.862 bits per heavy atom. The third kappa shape index (κ3) is 4.74. The van der Waals surface area contributed by atoms with Gasteiger partial charge in [-0.05, 0) is 62.2 Å². The number of aromatic nitrogens is 2. The molecule has 0 saturated carbocycles. The Labute approximate surface area is 336 Å². The van der Waals surface area contributed by atoms with Gasteiger partial charge in [0.15, 0.2) is 5.82 Å². The molecular weight excluding hydrogens is 705 g/mol. The lowest BCUT2D eigenvalue weighted by Crippen LogP contribution is -2.25. The molecule has 2 aromatic heterocycles. The molecule has 3 heteroatoms. The number of hydrogen-bond acceptors (Lipinski definition) is 3. The van der Waals surface area contributed by atoms with Crippen molar-refractivity contribution in [3.8, 4) is 78.6 Å². The molecule has 2 aliphatic rings. The monoisotopic (exact) mass is 738 g/mol. The zero-order valence-electron chi connectivity index (χ0n) is 31.4. The van der Waals surface area contributed by atoms with E-state index in [1.165, 1.54) is 50.1 Å². The van der Waals surface area contributed by atoms with Crippen LogP contribution in [0.4, 0.5) is 0 Å². The zero-order valence-corrected chi connectivity index (χ0v) is 31.4. The van der Waals surface area contributed by atoms with E-state index in [4.69, 9.17) is 14.4 Å². The van der Waals surface area contributed by atoms with Gasteiger partial charge in [0.25, 0.3) is 0 Å². The lowest BCUT2D eigenvalue weighted by molar-refractivity contribution is 0.628. The summed E-state index contributed by atoms with van der Waals surface area (Å²) in [7, 11) is 0. The Balaban J connectivity index is 0.993. The fourth-order valence-electron chi connectivity index (χ4n) is 9.62. The SMILES string of the molecule is c1ccc(-c2ccc(-c3cc(-c4ccc(-c5cccc6c5-c5ccccc5C65c6ccccc6-c6oc7ccccc7c65)cc4)nc(-c4ccccc4)n3)cc2)cc1. The minimum atomic E-state index is -0.495. The van der Waals surface area contributed by atoms with E-state index in [-0.39, 0.29) is 0 Å². The minimum Gasteiger partial charge on any atom is -0.456 e. The van der Waals surface area contributed by atoms with Gasteiger partial charge in [-0.2, -0.15) is 0 Å². The van der Waals surface area contributed by atoms with Crippen LogP contribution >= 0.6 is 0 Å². The molecular formula is C55H34N2O. The van der Waals surface area contributed by atoms with Gasteiger partial charge in [0.2, 0.25) is 0 Å². The van der Waals surface area contributed by atoms with Crippen molar-refractivity contribution in [1.29, 1.82) is 0 Å². The number of fused-ring (bicyclic) bond motifs is 12. The van der Waals surface area contributed by atoms with Gasteiger partial charge >= 0.3 is 0 Å². The van der Waals surface area contributed by atoms with Crippen LogP contribution in [0, 0.1) is 0 Å². The third-order valence-electron chi connectivity index (χ3n) is 12.2. The third-order valence-corrected chi connectivity index (χ3v) is 12.2. The Bertz CT molecular complexity index is 3200. The standard InChI is InChI=1S/C55H34N2O/c1-3-14-35(15-4-1)36-26-30-38(31-27-36)48-34-49(57-54(56-48)40-16-5-2-6-17-40)39-32-28-37(29-33-39)41-21-13-24-47-51(41)42-18-7-10-22-45(42)55(47)46-23-11-8-19-43(46)53-52(55)44-20-9-12-25-50(44)58-53/h1-34H. The molecule has 0 saturated heterocycles. The van der Waals surface area contributed by atoms with Gasteiger partial charge in [0.1, 0.15) is 11.3 Å². The second-order valence-corrected chi connectivity index (χ2v) is 15.2. The second kappa shape index (κ2) is 12.7. The first-order valence-electron chi connectivity index (χ1n) is 19.8. The van der Waals surface area contributed by atoms with E-state index in [1.807, 2.05) is 24.3 Å². The van der Waals surface area contributed by atoms with E-state index >= 15 is 0 Å². The highest BCUT2D eigenvalue weighted by molar-refractivity contribution is 6.04. The van der Waals surface area contributed by atoms with Gasteiger partial charge in [-0.15, -0.1) is 0 Å². The molecule has 2 aliphatic carbocycles. The molecule has 1 atom stereocenters. The largest absolute Gasteiger partial charge is 0.456 e. The number of rotatable bonds is 5. The van der Waals surface area contributed by atoms with Crippen molar-refractivity contribution in [2.45, 2.75) is 5.41 Å². The summed E-state index contributed by atoms with van der Waals surface area (Å²) in [4.78, 5) is 10.2. The lowest BCUT2D eigenvalue weighted by Gasteiger charge is -2.30. The minimum absolute atomic E-state index is 0.495. The van der Waals surface area contributed by atoms with Crippen LogP contribution in [-0.2, 0) is 5.41 Å². The molecule has 0 amide bonds. The summed E-state index contributed by atoms with van der Waals surface area (Å²) in [6, 6.07) is 73.5. The topological polar surface area (TPSA) is 38.9 Å². The molecule has 12 rings (SSSR count). The zero-order chi connectivity index (χ0) is 38.2. The summed E-state index contributed by atoms with van der Waals surface area (Å²) >= 11 is 0. The van der Waals surface area contributed by atoms with Crippen LogP contribution in [0.15, 0.2) is 211 Å². The quantitative estimate of drug-likeness (QED) is 0.176. The van der Waals surface area contributed by atoms with Crippen LogP contribution in [0.5, 0.6) is 0 Å². The number of nitrogens with zero attached hydrogens (tertiary/aromatic N) is 2. The summed E-state index contributed by atoms with van der Waals surface area (Å²) in [5.41, 5.74) is 18.8. The maximum Gasteiger partial charge on any atom is 0.160 e. The smallest absolute Gasteiger partial charge is 0.160 e. The highest BCUT2D eigenvalue weighted by atomic mass is 16.3. The summed E-state index contributed by atoms with van der Waals surface area (Å²) in [5, 5.41) is 1.16. The number of benzene rings is 8. The number of para-hydroxylation sites is 1. The molecule has 0 N–H and O–H groups in total. The van der Waals surface area contributed by atoms with Gasteiger partial charge in [-0.25, -0.2) is 9.97 Å². The highest BCUT2D eigenvalue weighted by Gasteiger charge is 2.54. The molecule has 1 unspecified atom stereocenters. The van der Waals surface area contributed by atoms with Crippen molar-refractivity contribution < 1.29 is 4.42 Å². The molecule has 2 heterocycles. The average molecular weight is 739 g/mol. The van der Waals surface area contributed by atoms with E-state index in [0.29, 0.717) is 5.82 Å². The number of hydrogen-bond donors (Lipinski definition) is 0. The van der Waals surface area contributed by atoms with Gasteiger partial charge in [-0.1, -0.05) is 194 Å². The van der Waals surface area contributed by atoms with E-state index in [1.54, 1.807) is 0 Å². The molecule has 0 bridgehead atoms. The van der Waals surface area contributed by atoms with E-state index < -0.39 is 5.41 Å². The van der Waals surface area contributed by atoms with Gasteiger partial charge in [0.05, 0.1) is 16.8 Å². The Kier molecular flexibility index (Phi) is 7.14. The number of furan rings is 1. The molecule has 3 nitrogen and oxygen atoms in total. The molecule has 0 fully saturated rings. The van der Waals surface area contributed by atoms with E-state index in [0.717, 1.165) is 55.9 Å². The first-order chi connectivity index (χ1) is 28.8. The molecule has 10 aromatic rings. The normalized spacial score (nSPS) is 14.6. The van der Waals surface area contributed by atoms with Crippen LogP contribution in [-0.4, -0.2) is 9.97 Å². The fraction of sp³-hybridized carbons (Fsp3) is 0.0182. The molecule has 58 heavy (non-hydrogen) atoms. The van der Waals surface area contributed by atoms with Gasteiger partial charge in [-0.3, -0.25) is 0 Å². The first kappa shape index (κ1) is 32.6. The molecule has 0 aliphatic heterocycles. The van der Waals surface area contributed by atoms with Crippen molar-refractivity contribution in [3.05, 3.63) is 229 Å². The van der Waals surface area contributed by atoms with Crippen LogP contribution in [0.1, 0.15) is 22.3 Å². The summed E-state index contributed by atoms with van der Waals surface area (Å²) in [6.07, 6.45) is 0. The molecule has 8 aromatic carbocycles. The Hall–Kier alpha value is -7.62. The van der Waals surface area contributed by atoms with Crippen molar-refractivity contribution in [1.82, 2.24) is 9.97 Å². The van der Waals surface area contributed by atoms with Crippen LogP contribution in [0.25, 0.3) is 89.6 Å². The van der Waals surface area contributed by atoms with Gasteiger partial charge < -0.3 is 4.42 Å². The summed E-state index contributed by atoms with van der Waals surface area (Å²) in [5.74, 6) is 1.68. The van der Waals surface area contributed by atoms with Crippen LogP contribution in [0.2, 0.25) is 0 Å². The van der Waals surface area contributed by atoms with Gasteiger partial charge in [0, 0.05) is 33.2 Å². The van der Waals surface area contributed by atoms with Crippen LogP contribution in [0.3, 0.4) is 0 Å². The maximum atomic E-state index is 6.71. The van der Waals surface area contributed by atoms with Crippen molar-refractivity contribution in [3.63, 3.8) is 0 Å². The predicted octanol–water partition coefficient (Wildman–Crippen LogP) is 13.9.